The van der Waals surface area contributed by atoms with Crippen LogP contribution < -0.4 is 5.32 Å². The fraction of sp³-hybridized carbons (Fsp3) is 0.312. The fourth-order valence-corrected chi connectivity index (χ4v) is 3.11. The van der Waals surface area contributed by atoms with E-state index in [1.807, 2.05) is 25.3 Å². The fourth-order valence-electron chi connectivity index (χ4n) is 2.15. The molecule has 0 spiro atoms. The lowest BCUT2D eigenvalue weighted by molar-refractivity contribution is 0.542. The van der Waals surface area contributed by atoms with Crippen LogP contribution in [0, 0.1) is 6.92 Å². The van der Waals surface area contributed by atoms with E-state index < -0.39 is 0 Å². The number of hydrogen-bond acceptors (Lipinski definition) is 2. The molecule has 1 aromatic heterocycles. The molecule has 1 unspecified atom stereocenters. The average molecular weight is 354 g/mol. The summed E-state index contributed by atoms with van der Waals surface area (Å²) in [5.74, 6) is 0. The lowest BCUT2D eigenvalue weighted by Gasteiger charge is -2.19. The first-order valence-corrected chi connectivity index (χ1v) is 7.87. The number of rotatable bonds is 5. The number of likely N-dealkylation sites (N-methyl/N-ethyl adjacent to an activating group) is 1. The number of nitrogens with one attached hydrogen (secondary N) is 1. The van der Waals surface area contributed by atoms with Crippen LogP contribution in [0.15, 0.2) is 41.0 Å². The lowest BCUT2D eigenvalue weighted by atomic mass is 10.0. The molecule has 0 amide bonds. The molecule has 0 aliphatic carbocycles. The van der Waals surface area contributed by atoms with Crippen molar-refractivity contribution in [2.24, 2.45) is 0 Å². The monoisotopic (exact) mass is 352 g/mol. The van der Waals surface area contributed by atoms with Crippen LogP contribution in [-0.2, 0) is 6.42 Å². The van der Waals surface area contributed by atoms with Gasteiger partial charge >= 0.3 is 0 Å². The van der Waals surface area contributed by atoms with Gasteiger partial charge in [-0.15, -0.1) is 0 Å². The van der Waals surface area contributed by atoms with E-state index in [0.29, 0.717) is 0 Å². The van der Waals surface area contributed by atoms with Gasteiger partial charge in [0.15, 0.2) is 0 Å². The minimum atomic E-state index is 0.224. The highest BCUT2D eigenvalue weighted by atomic mass is 79.9. The van der Waals surface area contributed by atoms with Crippen molar-refractivity contribution in [2.45, 2.75) is 26.3 Å². The summed E-state index contributed by atoms with van der Waals surface area (Å²) in [6, 6.07) is 10.3. The maximum Gasteiger partial charge on any atom is 0.0422 e. The molecule has 1 aromatic carbocycles. The topological polar surface area (TPSA) is 24.9 Å². The first-order valence-electron chi connectivity index (χ1n) is 6.70. The Kier molecular flexibility index (Phi) is 5.58. The zero-order valence-electron chi connectivity index (χ0n) is 11.7. The number of aromatic nitrogens is 1. The summed E-state index contributed by atoms with van der Waals surface area (Å²) in [5.41, 5.74) is 3.48. The molecule has 0 aliphatic rings. The Bertz CT molecular complexity index is 569. The molecule has 20 heavy (non-hydrogen) atoms. The average Bonchev–Trinajstić information content (AvgIpc) is 2.41. The smallest absolute Gasteiger partial charge is 0.0422 e. The summed E-state index contributed by atoms with van der Waals surface area (Å²) in [5, 5.41) is 4.25. The second-order valence-corrected chi connectivity index (χ2v) is 6.10. The summed E-state index contributed by atoms with van der Waals surface area (Å²) in [7, 11) is 0. The minimum absolute atomic E-state index is 0.224. The molecule has 0 saturated carbocycles. The van der Waals surface area contributed by atoms with Crippen molar-refractivity contribution < 1.29 is 0 Å². The molecule has 2 rings (SSSR count). The molecule has 106 valence electrons. The van der Waals surface area contributed by atoms with E-state index in [9.17, 15) is 0 Å². The second-order valence-electron chi connectivity index (χ2n) is 4.81. The Labute approximate surface area is 133 Å². The number of benzene rings is 1. The highest BCUT2D eigenvalue weighted by Crippen LogP contribution is 2.28. The van der Waals surface area contributed by atoms with Crippen LogP contribution >= 0.6 is 27.5 Å². The van der Waals surface area contributed by atoms with Crippen LogP contribution in [0.2, 0.25) is 5.02 Å². The van der Waals surface area contributed by atoms with E-state index in [2.05, 4.69) is 51.4 Å². The maximum atomic E-state index is 6.01. The zero-order chi connectivity index (χ0) is 14.5. The molecule has 1 heterocycles. The number of nitrogens with zero attached hydrogens (tertiary/aromatic N) is 1. The summed E-state index contributed by atoms with van der Waals surface area (Å²) >= 11 is 9.61. The third-order valence-corrected chi connectivity index (χ3v) is 4.10. The first kappa shape index (κ1) is 15.5. The van der Waals surface area contributed by atoms with E-state index in [1.54, 1.807) is 0 Å². The highest BCUT2D eigenvalue weighted by molar-refractivity contribution is 9.10. The number of hydrogen-bond donors (Lipinski definition) is 1. The second kappa shape index (κ2) is 7.21. The predicted octanol–water partition coefficient (Wildman–Crippen LogP) is 4.70. The molecule has 0 fully saturated rings. The SMILES string of the molecule is CCNC(Cc1ccc(C)cn1)c1ccc(Cl)cc1Br. The largest absolute Gasteiger partial charge is 0.310 e. The van der Waals surface area contributed by atoms with Crippen LogP contribution in [0.5, 0.6) is 0 Å². The van der Waals surface area contributed by atoms with E-state index in [1.165, 1.54) is 11.1 Å². The first-order chi connectivity index (χ1) is 9.60. The lowest BCUT2D eigenvalue weighted by Crippen LogP contribution is -2.23. The van der Waals surface area contributed by atoms with E-state index >= 15 is 0 Å². The summed E-state index contributed by atoms with van der Waals surface area (Å²) in [4.78, 5) is 4.49. The normalized spacial score (nSPS) is 12.4. The van der Waals surface area contributed by atoms with Crippen molar-refractivity contribution in [3.63, 3.8) is 0 Å². The van der Waals surface area contributed by atoms with Crippen molar-refractivity contribution in [1.29, 1.82) is 0 Å². The van der Waals surface area contributed by atoms with Crippen molar-refractivity contribution in [3.05, 3.63) is 62.8 Å². The Morgan fingerprint density at radius 1 is 1.30 bits per heavy atom. The Morgan fingerprint density at radius 2 is 2.10 bits per heavy atom. The van der Waals surface area contributed by atoms with E-state index in [4.69, 9.17) is 11.6 Å². The van der Waals surface area contributed by atoms with Gasteiger partial charge in [-0.2, -0.15) is 0 Å². The Morgan fingerprint density at radius 3 is 2.70 bits per heavy atom. The van der Waals surface area contributed by atoms with Gasteiger partial charge in [-0.3, -0.25) is 4.98 Å². The minimum Gasteiger partial charge on any atom is -0.310 e. The molecule has 1 atom stereocenters. The summed E-state index contributed by atoms with van der Waals surface area (Å²) in [6.07, 6.45) is 2.77. The zero-order valence-corrected chi connectivity index (χ0v) is 14.0. The maximum absolute atomic E-state index is 6.01. The van der Waals surface area contributed by atoms with Crippen molar-refractivity contribution in [1.82, 2.24) is 10.3 Å². The van der Waals surface area contributed by atoms with Gasteiger partial charge in [-0.25, -0.2) is 0 Å². The molecule has 2 aromatic rings. The quantitative estimate of drug-likeness (QED) is 0.843. The van der Waals surface area contributed by atoms with Gasteiger partial charge < -0.3 is 5.32 Å². The summed E-state index contributed by atoms with van der Waals surface area (Å²) < 4.78 is 1.03. The molecule has 2 nitrogen and oxygen atoms in total. The molecule has 4 heteroatoms. The summed E-state index contributed by atoms with van der Waals surface area (Å²) in [6.45, 7) is 5.07. The van der Waals surface area contributed by atoms with Crippen molar-refractivity contribution >= 4 is 27.5 Å². The van der Waals surface area contributed by atoms with Gasteiger partial charge in [0.1, 0.15) is 0 Å². The van der Waals surface area contributed by atoms with E-state index in [-0.39, 0.29) is 6.04 Å². The van der Waals surface area contributed by atoms with Crippen LogP contribution in [0.3, 0.4) is 0 Å². The Balaban J connectivity index is 2.24. The number of halogens is 2. The van der Waals surface area contributed by atoms with Gasteiger partial charge in [-0.05, 0) is 42.8 Å². The number of pyridine rings is 1. The van der Waals surface area contributed by atoms with Crippen LogP contribution in [-0.4, -0.2) is 11.5 Å². The third-order valence-electron chi connectivity index (χ3n) is 3.17. The van der Waals surface area contributed by atoms with Gasteiger partial charge in [0, 0.05) is 33.8 Å². The van der Waals surface area contributed by atoms with Crippen molar-refractivity contribution in [2.75, 3.05) is 6.54 Å². The van der Waals surface area contributed by atoms with Gasteiger partial charge in [0.25, 0.3) is 0 Å². The van der Waals surface area contributed by atoms with Crippen LogP contribution in [0.1, 0.15) is 29.8 Å². The molecular formula is C16H18BrClN2. The van der Waals surface area contributed by atoms with Crippen molar-refractivity contribution in [3.8, 4) is 0 Å². The van der Waals surface area contributed by atoms with Gasteiger partial charge in [0.05, 0.1) is 0 Å². The van der Waals surface area contributed by atoms with Crippen LogP contribution in [0.4, 0.5) is 0 Å². The highest BCUT2D eigenvalue weighted by Gasteiger charge is 2.15. The number of aryl methyl sites for hydroxylation is 1. The Hall–Kier alpha value is -0.900. The molecule has 1 N–H and O–H groups in total. The molecule has 0 radical (unpaired) electrons. The predicted molar refractivity (Wildman–Crippen MR) is 88.2 cm³/mol. The molecule has 0 saturated heterocycles. The van der Waals surface area contributed by atoms with Gasteiger partial charge in [0.2, 0.25) is 0 Å². The van der Waals surface area contributed by atoms with Crippen LogP contribution in [0.25, 0.3) is 0 Å². The molecule has 0 aliphatic heterocycles. The van der Waals surface area contributed by atoms with E-state index in [0.717, 1.165) is 28.2 Å². The standard InChI is InChI=1S/C16H18BrClN2/c1-3-19-16(9-13-6-4-11(2)10-20-13)14-7-5-12(18)8-15(14)17/h4-8,10,16,19H,3,9H2,1-2H3. The van der Waals surface area contributed by atoms with Gasteiger partial charge in [-0.1, -0.05) is 46.6 Å². The molecular weight excluding hydrogens is 336 g/mol. The third kappa shape index (κ3) is 4.05. The molecule has 0 bridgehead atoms.